The van der Waals surface area contributed by atoms with Crippen molar-refractivity contribution < 1.29 is 14.3 Å². The molecule has 1 saturated heterocycles. The molecule has 1 fully saturated rings. The number of benzene rings is 1. The Balaban J connectivity index is 1.41. The first-order valence-corrected chi connectivity index (χ1v) is 11.1. The lowest BCUT2D eigenvalue weighted by atomic mass is 9.91. The van der Waals surface area contributed by atoms with Gasteiger partial charge < -0.3 is 19.9 Å². The average molecular weight is 422 g/mol. The highest BCUT2D eigenvalue weighted by Crippen LogP contribution is 2.31. The molecule has 164 valence electrons. The molecule has 0 unspecified atom stereocenters. The highest BCUT2D eigenvalue weighted by Gasteiger charge is 2.24. The number of allylic oxidation sites excluding steroid dienone is 3. The fourth-order valence-electron chi connectivity index (χ4n) is 4.95. The number of fused-ring (bicyclic) bond motifs is 1. The van der Waals surface area contributed by atoms with Crippen LogP contribution in [0.5, 0.6) is 0 Å². The Bertz CT molecular complexity index is 1060. The molecule has 1 aromatic heterocycles. The molecule has 0 bridgehead atoms. The molecule has 0 radical (unpaired) electrons. The Hall–Kier alpha value is -2.86. The minimum Gasteiger partial charge on any atom is -0.497 e. The van der Waals surface area contributed by atoms with Crippen LogP contribution in [0.3, 0.4) is 0 Å². The third-order valence-electron chi connectivity index (χ3n) is 6.67. The summed E-state index contributed by atoms with van der Waals surface area (Å²) >= 11 is 0. The van der Waals surface area contributed by atoms with E-state index in [0.29, 0.717) is 11.6 Å². The first-order chi connectivity index (χ1) is 15.0. The minimum absolute atomic E-state index is 0.158. The summed E-state index contributed by atoms with van der Waals surface area (Å²) in [5.74, 6) is 0.637. The quantitative estimate of drug-likeness (QED) is 0.734. The van der Waals surface area contributed by atoms with E-state index in [1.165, 1.54) is 0 Å². The molecule has 6 heteroatoms. The zero-order chi connectivity index (χ0) is 22.0. The van der Waals surface area contributed by atoms with Crippen molar-refractivity contribution in [1.29, 1.82) is 0 Å². The predicted octanol–water partition coefficient (Wildman–Crippen LogP) is 3.98. The van der Waals surface area contributed by atoms with E-state index in [2.05, 4.69) is 27.8 Å². The van der Waals surface area contributed by atoms with Crippen LogP contribution in [0.4, 0.5) is 0 Å². The highest BCUT2D eigenvalue weighted by atomic mass is 16.5. The van der Waals surface area contributed by atoms with E-state index in [1.807, 2.05) is 12.1 Å². The normalized spacial score (nSPS) is 18.3. The summed E-state index contributed by atoms with van der Waals surface area (Å²) in [6.45, 7) is 4.60. The van der Waals surface area contributed by atoms with Crippen LogP contribution < -0.4 is 5.73 Å². The van der Waals surface area contributed by atoms with Crippen molar-refractivity contribution in [3.8, 4) is 0 Å². The van der Waals surface area contributed by atoms with Gasteiger partial charge in [-0.1, -0.05) is 6.07 Å². The number of nitrogens with two attached hydrogens (primary N) is 1. The van der Waals surface area contributed by atoms with E-state index < -0.39 is 5.91 Å². The summed E-state index contributed by atoms with van der Waals surface area (Å²) in [5.41, 5.74) is 9.10. The van der Waals surface area contributed by atoms with Crippen molar-refractivity contribution in [3.05, 3.63) is 59.0 Å². The minimum atomic E-state index is -0.393. The number of nitrogens with zero attached hydrogens (tertiary/aromatic N) is 2. The van der Waals surface area contributed by atoms with E-state index in [0.717, 1.165) is 79.5 Å². The molecule has 2 heterocycles. The Labute approximate surface area is 183 Å². The van der Waals surface area contributed by atoms with Gasteiger partial charge in [0.25, 0.3) is 0 Å². The lowest BCUT2D eigenvalue weighted by Crippen LogP contribution is -2.35. The van der Waals surface area contributed by atoms with Crippen LogP contribution in [0, 0.1) is 0 Å². The van der Waals surface area contributed by atoms with Gasteiger partial charge in [-0.15, -0.1) is 0 Å². The number of ether oxygens (including phenoxy) is 1. The molecule has 1 aromatic carbocycles. The molecule has 2 aliphatic rings. The number of carbonyl (C=O) groups excluding carboxylic acids is 2. The van der Waals surface area contributed by atoms with Gasteiger partial charge in [0.1, 0.15) is 5.76 Å². The number of hydrogen-bond acceptors (Lipinski definition) is 4. The second-order valence-electron chi connectivity index (χ2n) is 8.51. The molecule has 2 aromatic rings. The number of carbonyl (C=O) groups is 2. The monoisotopic (exact) mass is 421 g/mol. The summed E-state index contributed by atoms with van der Waals surface area (Å²) in [6.07, 6.45) is 8.85. The topological polar surface area (TPSA) is 77.6 Å². The molecule has 0 spiro atoms. The lowest BCUT2D eigenvalue weighted by molar-refractivity contribution is -0.113. The zero-order valence-corrected chi connectivity index (χ0v) is 18.4. The number of likely N-dealkylation sites (tertiary alicyclic amines) is 1. The van der Waals surface area contributed by atoms with Gasteiger partial charge >= 0.3 is 0 Å². The number of rotatable bonds is 7. The number of ketones is 1. The van der Waals surface area contributed by atoms with Gasteiger partial charge in [0, 0.05) is 54.1 Å². The molecule has 4 rings (SSSR count). The summed E-state index contributed by atoms with van der Waals surface area (Å²) in [7, 11) is 1.69. The molecule has 1 amide bonds. The number of Topliss-reactive ketones (excluding diaryl/α,β-unsaturated/α-hetero) is 1. The van der Waals surface area contributed by atoms with Crippen LogP contribution >= 0.6 is 0 Å². The van der Waals surface area contributed by atoms with Gasteiger partial charge in [-0.25, -0.2) is 0 Å². The van der Waals surface area contributed by atoms with E-state index in [-0.39, 0.29) is 5.78 Å². The number of methoxy groups -OCH3 is 1. The molecule has 0 saturated carbocycles. The first-order valence-electron chi connectivity index (χ1n) is 11.1. The van der Waals surface area contributed by atoms with Crippen molar-refractivity contribution in [1.82, 2.24) is 9.47 Å². The number of primary amides is 1. The van der Waals surface area contributed by atoms with E-state index in [4.69, 9.17) is 10.5 Å². The fraction of sp³-hybridized carbons (Fsp3) is 0.440. The van der Waals surface area contributed by atoms with Crippen LogP contribution in [0.15, 0.2) is 53.4 Å². The second-order valence-corrected chi connectivity index (χ2v) is 8.51. The van der Waals surface area contributed by atoms with Crippen molar-refractivity contribution >= 4 is 22.6 Å². The maximum atomic E-state index is 12.1. The molecule has 2 N–H and O–H groups in total. The molecule has 1 aliphatic carbocycles. The van der Waals surface area contributed by atoms with Crippen LogP contribution in [-0.2, 0) is 9.53 Å². The van der Waals surface area contributed by atoms with Gasteiger partial charge in [-0.05, 0) is 68.7 Å². The average Bonchev–Trinajstić information content (AvgIpc) is 3.21. The van der Waals surface area contributed by atoms with Crippen LogP contribution in [0.2, 0.25) is 0 Å². The van der Waals surface area contributed by atoms with Gasteiger partial charge in [-0.3, -0.25) is 9.59 Å². The number of amides is 1. The third kappa shape index (κ3) is 4.44. The third-order valence-corrected chi connectivity index (χ3v) is 6.67. The Kier molecular flexibility index (Phi) is 6.28. The maximum Gasteiger partial charge on any atom is 0.248 e. The number of piperidine rings is 1. The van der Waals surface area contributed by atoms with Crippen LogP contribution in [-0.4, -0.2) is 47.9 Å². The molecular formula is C25H31N3O3. The molecule has 1 aliphatic heterocycles. The molecular weight excluding hydrogens is 390 g/mol. The number of hydrogen-bond donors (Lipinski definition) is 1. The van der Waals surface area contributed by atoms with Gasteiger partial charge in [-0.2, -0.15) is 0 Å². The van der Waals surface area contributed by atoms with Crippen molar-refractivity contribution in [2.45, 2.75) is 45.1 Å². The maximum absolute atomic E-state index is 12.1. The van der Waals surface area contributed by atoms with Crippen LogP contribution in [0.1, 0.15) is 55.4 Å². The summed E-state index contributed by atoms with van der Waals surface area (Å²) < 4.78 is 7.85. The zero-order valence-electron chi connectivity index (χ0n) is 18.4. The number of aromatic nitrogens is 1. The molecule has 6 nitrogen and oxygen atoms in total. The van der Waals surface area contributed by atoms with Crippen molar-refractivity contribution in [3.63, 3.8) is 0 Å². The van der Waals surface area contributed by atoms with Gasteiger partial charge in [0.15, 0.2) is 5.78 Å². The summed E-state index contributed by atoms with van der Waals surface area (Å²) in [6, 6.07) is 8.17. The van der Waals surface area contributed by atoms with E-state index >= 15 is 0 Å². The SMILES string of the molecule is COC1=CCCC(C(C)=O)=C1CCN1CCC(n2ccc3ccc(C(N)=O)cc32)CC1. The Morgan fingerprint density at radius 1 is 1.19 bits per heavy atom. The largest absolute Gasteiger partial charge is 0.497 e. The van der Waals surface area contributed by atoms with Crippen molar-refractivity contribution in [2.24, 2.45) is 5.73 Å². The standard InChI is InChI=1S/C25H31N3O3/c1-17(29)21-4-3-5-24(31-2)22(21)11-14-27-12-9-20(10-13-27)28-15-8-18-6-7-19(25(26)30)16-23(18)28/h5-8,15-16,20H,3-4,9-14H2,1-2H3,(H2,26,30). The van der Waals surface area contributed by atoms with Crippen molar-refractivity contribution in [2.75, 3.05) is 26.7 Å². The van der Waals surface area contributed by atoms with E-state index in [9.17, 15) is 9.59 Å². The second kappa shape index (κ2) is 9.10. The summed E-state index contributed by atoms with van der Waals surface area (Å²) in [5, 5.41) is 1.13. The van der Waals surface area contributed by atoms with Crippen LogP contribution in [0.25, 0.3) is 10.9 Å². The van der Waals surface area contributed by atoms with Gasteiger partial charge in [0.2, 0.25) is 5.91 Å². The highest BCUT2D eigenvalue weighted by molar-refractivity contribution is 5.97. The molecule has 31 heavy (non-hydrogen) atoms. The Morgan fingerprint density at radius 2 is 1.97 bits per heavy atom. The summed E-state index contributed by atoms with van der Waals surface area (Å²) in [4.78, 5) is 26.1. The fourth-order valence-corrected chi connectivity index (χ4v) is 4.95. The first kappa shape index (κ1) is 21.4. The Morgan fingerprint density at radius 3 is 2.65 bits per heavy atom. The van der Waals surface area contributed by atoms with Gasteiger partial charge in [0.05, 0.1) is 7.11 Å². The lowest BCUT2D eigenvalue weighted by Gasteiger charge is -2.33. The predicted molar refractivity (Wildman–Crippen MR) is 122 cm³/mol. The smallest absolute Gasteiger partial charge is 0.248 e. The molecule has 0 atom stereocenters. The van der Waals surface area contributed by atoms with E-state index in [1.54, 1.807) is 20.1 Å².